The molecule has 0 aliphatic carbocycles. The lowest BCUT2D eigenvalue weighted by atomic mass is 9.96. The second-order valence-corrected chi connectivity index (χ2v) is 9.12. The van der Waals surface area contributed by atoms with Crippen molar-refractivity contribution in [3.05, 3.63) is 100.0 Å². The molecule has 1 aliphatic heterocycles. The predicted octanol–water partition coefficient (Wildman–Crippen LogP) is 3.68. The molecule has 2 aromatic carbocycles. The number of amides is 1. The van der Waals surface area contributed by atoms with E-state index in [-0.39, 0.29) is 17.4 Å². The highest BCUT2D eigenvalue weighted by molar-refractivity contribution is 5.79. The van der Waals surface area contributed by atoms with Crippen molar-refractivity contribution in [1.29, 1.82) is 0 Å². The van der Waals surface area contributed by atoms with Gasteiger partial charge in [0, 0.05) is 31.7 Å². The average molecular weight is 468 g/mol. The number of carbonyl (C=O) groups excluding carboxylic acids is 1. The maximum Gasteiger partial charge on any atom is 0.295 e. The third-order valence-electron chi connectivity index (χ3n) is 6.62. The van der Waals surface area contributed by atoms with E-state index in [0.29, 0.717) is 56.0 Å². The molecule has 4 aromatic rings. The van der Waals surface area contributed by atoms with Crippen LogP contribution in [0, 0.1) is 12.8 Å². The number of piperidine rings is 1. The summed E-state index contributed by atoms with van der Waals surface area (Å²) in [6.45, 7) is 4.23. The Morgan fingerprint density at radius 1 is 0.971 bits per heavy atom. The van der Waals surface area contributed by atoms with Crippen molar-refractivity contribution >= 4 is 22.9 Å². The fourth-order valence-electron chi connectivity index (χ4n) is 4.57. The Hall–Kier alpha value is -4.00. The molecular formula is C28H29N5O2. The van der Waals surface area contributed by atoms with Gasteiger partial charge in [0.05, 0.1) is 6.54 Å². The summed E-state index contributed by atoms with van der Waals surface area (Å²) in [6, 6.07) is 21.8. The fourth-order valence-corrected chi connectivity index (χ4v) is 4.57. The van der Waals surface area contributed by atoms with Crippen LogP contribution >= 0.6 is 0 Å². The number of aryl methyl sites for hydroxylation is 1. The highest BCUT2D eigenvalue weighted by atomic mass is 16.2. The van der Waals surface area contributed by atoms with Gasteiger partial charge in [-0.25, -0.2) is 9.97 Å². The van der Waals surface area contributed by atoms with Crippen molar-refractivity contribution in [3.8, 4) is 0 Å². The van der Waals surface area contributed by atoms with Crippen LogP contribution in [0.25, 0.3) is 11.2 Å². The monoisotopic (exact) mass is 467 g/mol. The van der Waals surface area contributed by atoms with Gasteiger partial charge in [0.15, 0.2) is 11.5 Å². The first-order chi connectivity index (χ1) is 17.1. The highest BCUT2D eigenvalue weighted by Crippen LogP contribution is 2.22. The van der Waals surface area contributed by atoms with Gasteiger partial charge in [-0.15, -0.1) is 0 Å². The molecule has 0 radical (unpaired) electrons. The molecule has 1 N–H and O–H groups in total. The third-order valence-corrected chi connectivity index (χ3v) is 6.62. The van der Waals surface area contributed by atoms with Crippen LogP contribution in [0.1, 0.15) is 29.5 Å². The summed E-state index contributed by atoms with van der Waals surface area (Å²) in [6.07, 6.45) is 3.06. The van der Waals surface area contributed by atoms with Gasteiger partial charge in [0.25, 0.3) is 5.56 Å². The van der Waals surface area contributed by atoms with Crippen molar-refractivity contribution in [1.82, 2.24) is 19.9 Å². The lowest BCUT2D eigenvalue weighted by molar-refractivity contribution is -0.125. The largest absolute Gasteiger partial charge is 0.352 e. The minimum Gasteiger partial charge on any atom is -0.352 e. The molecule has 0 saturated carbocycles. The lowest BCUT2D eigenvalue weighted by Crippen LogP contribution is -2.43. The number of nitrogens with one attached hydrogen (secondary N) is 1. The van der Waals surface area contributed by atoms with E-state index in [2.05, 4.69) is 10.3 Å². The zero-order chi connectivity index (χ0) is 24.2. The Morgan fingerprint density at radius 3 is 2.46 bits per heavy atom. The van der Waals surface area contributed by atoms with Crippen LogP contribution in [0.5, 0.6) is 0 Å². The van der Waals surface area contributed by atoms with Crippen LogP contribution in [-0.4, -0.2) is 33.5 Å². The van der Waals surface area contributed by atoms with Crippen LogP contribution in [-0.2, 0) is 17.9 Å². The molecule has 5 rings (SSSR count). The molecule has 1 aliphatic rings. The van der Waals surface area contributed by atoms with Gasteiger partial charge in [0.2, 0.25) is 5.91 Å². The van der Waals surface area contributed by atoms with Gasteiger partial charge < -0.3 is 10.2 Å². The minimum atomic E-state index is -0.149. The van der Waals surface area contributed by atoms with Gasteiger partial charge in [-0.1, -0.05) is 60.2 Å². The number of pyridine rings is 1. The van der Waals surface area contributed by atoms with Gasteiger partial charge in [-0.05, 0) is 43.0 Å². The van der Waals surface area contributed by atoms with Crippen LogP contribution in [0.4, 0.5) is 5.82 Å². The molecule has 0 unspecified atom stereocenters. The number of rotatable bonds is 6. The van der Waals surface area contributed by atoms with Crippen molar-refractivity contribution in [2.75, 3.05) is 18.0 Å². The SMILES string of the molecule is Cc1ccc(Cn2c(=O)c(N3CCC(C(=O)NCc4ccccc4)CC3)nc3cccnc32)cc1. The van der Waals surface area contributed by atoms with Gasteiger partial charge in [-0.3, -0.25) is 14.2 Å². The molecule has 7 nitrogen and oxygen atoms in total. The summed E-state index contributed by atoms with van der Waals surface area (Å²) in [5, 5.41) is 3.05. The zero-order valence-corrected chi connectivity index (χ0v) is 19.9. The van der Waals surface area contributed by atoms with Gasteiger partial charge >= 0.3 is 0 Å². The molecule has 2 aromatic heterocycles. The number of carbonyl (C=O) groups is 1. The molecule has 1 amide bonds. The highest BCUT2D eigenvalue weighted by Gasteiger charge is 2.27. The molecule has 0 atom stereocenters. The fraction of sp³-hybridized carbons (Fsp3) is 0.286. The van der Waals surface area contributed by atoms with E-state index in [1.54, 1.807) is 10.8 Å². The summed E-state index contributed by atoms with van der Waals surface area (Å²) in [4.78, 5) is 37.4. The Morgan fingerprint density at radius 2 is 1.71 bits per heavy atom. The number of hydrogen-bond donors (Lipinski definition) is 1. The minimum absolute atomic E-state index is 0.0631. The topological polar surface area (TPSA) is 80.1 Å². The third kappa shape index (κ3) is 5.09. The molecule has 7 heteroatoms. The van der Waals surface area contributed by atoms with Crippen molar-refractivity contribution in [2.45, 2.75) is 32.9 Å². The number of fused-ring (bicyclic) bond motifs is 1. The number of nitrogens with zero attached hydrogens (tertiary/aromatic N) is 4. The van der Waals surface area contributed by atoms with E-state index in [1.165, 1.54) is 5.56 Å². The van der Waals surface area contributed by atoms with Crippen LogP contribution in [0.2, 0.25) is 0 Å². The molecule has 1 saturated heterocycles. The molecule has 0 spiro atoms. The molecular weight excluding hydrogens is 438 g/mol. The van der Waals surface area contributed by atoms with E-state index >= 15 is 0 Å². The van der Waals surface area contributed by atoms with Crippen molar-refractivity contribution in [2.24, 2.45) is 5.92 Å². The standard InChI is InChI=1S/C28H29N5O2/c1-20-9-11-22(12-10-20)19-33-25-24(8-5-15-29-25)31-26(28(33)35)32-16-13-23(14-17-32)27(34)30-18-21-6-3-2-4-7-21/h2-12,15,23H,13-14,16-19H2,1H3,(H,30,34). The van der Waals surface area contributed by atoms with E-state index in [1.807, 2.05) is 78.6 Å². The lowest BCUT2D eigenvalue weighted by Gasteiger charge is -2.32. The van der Waals surface area contributed by atoms with Crippen LogP contribution in [0.15, 0.2) is 77.7 Å². The normalized spacial score (nSPS) is 14.3. The number of anilines is 1. The first-order valence-corrected chi connectivity index (χ1v) is 12.1. The van der Waals surface area contributed by atoms with E-state index in [4.69, 9.17) is 4.98 Å². The molecule has 178 valence electrons. The summed E-state index contributed by atoms with van der Waals surface area (Å²) in [5.74, 6) is 0.439. The predicted molar refractivity (Wildman–Crippen MR) is 137 cm³/mol. The molecule has 0 bridgehead atoms. The number of aromatic nitrogens is 3. The molecule has 1 fully saturated rings. The summed E-state index contributed by atoms with van der Waals surface area (Å²) < 4.78 is 1.71. The molecule has 35 heavy (non-hydrogen) atoms. The van der Waals surface area contributed by atoms with Gasteiger partial charge in [-0.2, -0.15) is 0 Å². The van der Waals surface area contributed by atoms with Crippen molar-refractivity contribution in [3.63, 3.8) is 0 Å². The summed E-state index contributed by atoms with van der Waals surface area (Å²) >= 11 is 0. The van der Waals surface area contributed by atoms with E-state index < -0.39 is 0 Å². The number of benzene rings is 2. The Bertz CT molecular complexity index is 1370. The van der Waals surface area contributed by atoms with Crippen LogP contribution in [0.3, 0.4) is 0 Å². The summed E-state index contributed by atoms with van der Waals surface area (Å²) in [5.41, 5.74) is 4.42. The van der Waals surface area contributed by atoms with Crippen molar-refractivity contribution < 1.29 is 4.79 Å². The summed E-state index contributed by atoms with van der Waals surface area (Å²) in [7, 11) is 0. The maximum atomic E-state index is 13.6. The Kier molecular flexibility index (Phi) is 6.57. The zero-order valence-electron chi connectivity index (χ0n) is 19.9. The van der Waals surface area contributed by atoms with E-state index in [0.717, 1.165) is 11.1 Å². The quantitative estimate of drug-likeness (QED) is 0.468. The first kappa shape index (κ1) is 22.8. The van der Waals surface area contributed by atoms with Gasteiger partial charge in [0.1, 0.15) is 5.52 Å². The second kappa shape index (κ2) is 10.1. The maximum absolute atomic E-state index is 13.6. The van der Waals surface area contributed by atoms with E-state index in [9.17, 15) is 9.59 Å². The van der Waals surface area contributed by atoms with Crippen LogP contribution < -0.4 is 15.8 Å². The number of hydrogen-bond acceptors (Lipinski definition) is 5. The Balaban J connectivity index is 1.33. The molecule has 3 heterocycles. The Labute approximate surface area is 204 Å². The second-order valence-electron chi connectivity index (χ2n) is 9.12. The first-order valence-electron chi connectivity index (χ1n) is 12.1. The average Bonchev–Trinajstić information content (AvgIpc) is 2.90. The smallest absolute Gasteiger partial charge is 0.295 e.